The minimum atomic E-state index is -3.45. The Morgan fingerprint density at radius 3 is 2.60 bits per heavy atom. The molecule has 132 valence electrons. The highest BCUT2D eigenvalue weighted by Gasteiger charge is 2.48. The van der Waals surface area contributed by atoms with Crippen molar-refractivity contribution < 1.29 is 13.2 Å². The van der Waals surface area contributed by atoms with E-state index in [1.807, 2.05) is 31.2 Å². The Labute approximate surface area is 149 Å². The van der Waals surface area contributed by atoms with Gasteiger partial charge < -0.3 is 4.74 Å². The lowest BCUT2D eigenvalue weighted by Crippen LogP contribution is -2.45. The van der Waals surface area contributed by atoms with Crippen molar-refractivity contribution in [1.82, 2.24) is 5.32 Å². The minimum Gasteiger partial charge on any atom is -0.497 e. The van der Waals surface area contributed by atoms with Gasteiger partial charge in [0.05, 0.1) is 12.0 Å². The van der Waals surface area contributed by atoms with Gasteiger partial charge in [0.1, 0.15) is 11.1 Å². The number of benzene rings is 2. The molecule has 1 fully saturated rings. The Morgan fingerprint density at radius 1 is 1.12 bits per heavy atom. The van der Waals surface area contributed by atoms with Crippen molar-refractivity contribution in [3.05, 3.63) is 59.2 Å². The molecule has 2 aromatic rings. The van der Waals surface area contributed by atoms with Gasteiger partial charge in [-0.2, -0.15) is 0 Å². The van der Waals surface area contributed by atoms with Crippen LogP contribution in [0.4, 0.5) is 0 Å². The van der Waals surface area contributed by atoms with E-state index < -0.39 is 15.2 Å². The molecule has 4 rings (SSSR count). The molecular formula is C20H23NO3S. The molecule has 1 unspecified atom stereocenters. The number of methoxy groups -OCH3 is 1. The van der Waals surface area contributed by atoms with Crippen LogP contribution in [0, 0.1) is 6.92 Å². The molecule has 2 aliphatic rings. The van der Waals surface area contributed by atoms with Gasteiger partial charge in [0.15, 0.2) is 9.84 Å². The number of sulfone groups is 1. The van der Waals surface area contributed by atoms with Crippen molar-refractivity contribution in [2.24, 2.45) is 0 Å². The topological polar surface area (TPSA) is 55.4 Å². The summed E-state index contributed by atoms with van der Waals surface area (Å²) in [5.74, 6) is 0.775. The van der Waals surface area contributed by atoms with Crippen molar-refractivity contribution in [1.29, 1.82) is 0 Å². The fourth-order valence-electron chi connectivity index (χ4n) is 3.72. The van der Waals surface area contributed by atoms with Crippen LogP contribution in [0.15, 0.2) is 47.4 Å². The number of hydrogen-bond donors (Lipinski definition) is 1. The second-order valence-electron chi connectivity index (χ2n) is 7.29. The zero-order valence-electron chi connectivity index (χ0n) is 14.6. The lowest BCUT2D eigenvalue weighted by molar-refractivity contribution is 0.414. The number of aryl methyl sites for hydroxylation is 1. The first-order chi connectivity index (χ1) is 11.9. The largest absolute Gasteiger partial charge is 0.497 e. The number of ether oxygens (including phenoxy) is 1. The summed E-state index contributed by atoms with van der Waals surface area (Å²) in [6.07, 6.45) is 3.40. The average molecular weight is 357 g/mol. The van der Waals surface area contributed by atoms with E-state index in [4.69, 9.17) is 4.74 Å². The van der Waals surface area contributed by atoms with Gasteiger partial charge >= 0.3 is 0 Å². The molecule has 1 atom stereocenters. The highest BCUT2D eigenvalue weighted by Crippen LogP contribution is 2.43. The minimum absolute atomic E-state index is 0.0681. The summed E-state index contributed by atoms with van der Waals surface area (Å²) in [7, 11) is -1.81. The maximum Gasteiger partial charge on any atom is 0.194 e. The molecule has 1 saturated carbocycles. The Bertz CT molecular complexity index is 916. The average Bonchev–Trinajstić information content (AvgIpc) is 3.37. The van der Waals surface area contributed by atoms with Gasteiger partial charge in [-0.15, -0.1) is 0 Å². The summed E-state index contributed by atoms with van der Waals surface area (Å²) >= 11 is 0. The fourth-order valence-corrected chi connectivity index (χ4v) is 5.47. The number of nitrogens with one attached hydrogen (secondary N) is 1. The summed E-state index contributed by atoms with van der Waals surface area (Å²) in [6, 6.07) is 13.2. The van der Waals surface area contributed by atoms with Gasteiger partial charge in [-0.05, 0) is 67.1 Å². The first-order valence-electron chi connectivity index (χ1n) is 8.66. The SMILES string of the molecule is COc1ccc2c(c1)CC(S(=O)(=O)c1cccc(C)c1)NC1(CC1)C2. The van der Waals surface area contributed by atoms with Crippen LogP contribution in [0.2, 0.25) is 0 Å². The summed E-state index contributed by atoms with van der Waals surface area (Å²) in [5, 5.41) is 2.87. The third kappa shape index (κ3) is 3.07. The summed E-state index contributed by atoms with van der Waals surface area (Å²) in [4.78, 5) is 0.396. The predicted octanol–water partition coefficient (Wildman–Crippen LogP) is 3.02. The van der Waals surface area contributed by atoms with Crippen LogP contribution in [0.25, 0.3) is 0 Å². The predicted molar refractivity (Wildman–Crippen MR) is 97.7 cm³/mol. The van der Waals surface area contributed by atoms with Gasteiger partial charge in [-0.25, -0.2) is 8.42 Å². The van der Waals surface area contributed by atoms with Crippen LogP contribution < -0.4 is 10.1 Å². The van der Waals surface area contributed by atoms with E-state index in [1.165, 1.54) is 5.56 Å². The van der Waals surface area contributed by atoms with Crippen LogP contribution in [0.5, 0.6) is 5.75 Å². The van der Waals surface area contributed by atoms with Crippen molar-refractivity contribution in [3.8, 4) is 5.75 Å². The number of rotatable bonds is 3. The lowest BCUT2D eigenvalue weighted by Gasteiger charge is -2.22. The first kappa shape index (κ1) is 16.6. The Hall–Kier alpha value is -1.85. The van der Waals surface area contributed by atoms with E-state index in [-0.39, 0.29) is 5.54 Å². The van der Waals surface area contributed by atoms with Crippen molar-refractivity contribution in [2.45, 2.75) is 48.4 Å². The van der Waals surface area contributed by atoms with Crippen molar-refractivity contribution in [2.75, 3.05) is 7.11 Å². The summed E-state index contributed by atoms with van der Waals surface area (Å²) in [6.45, 7) is 1.92. The molecule has 1 aliphatic carbocycles. The highest BCUT2D eigenvalue weighted by molar-refractivity contribution is 7.92. The lowest BCUT2D eigenvalue weighted by atomic mass is 9.99. The molecule has 0 bridgehead atoms. The molecule has 0 aromatic heterocycles. The molecule has 1 heterocycles. The molecular weight excluding hydrogens is 334 g/mol. The fraction of sp³-hybridized carbons (Fsp3) is 0.400. The van der Waals surface area contributed by atoms with Crippen LogP contribution in [-0.2, 0) is 22.7 Å². The molecule has 1 N–H and O–H groups in total. The second kappa shape index (κ2) is 5.85. The third-order valence-electron chi connectivity index (χ3n) is 5.36. The molecule has 0 saturated heterocycles. The summed E-state index contributed by atoms with van der Waals surface area (Å²) in [5.41, 5.74) is 3.18. The third-order valence-corrected chi connectivity index (χ3v) is 7.31. The molecule has 2 aromatic carbocycles. The van der Waals surface area contributed by atoms with E-state index in [0.29, 0.717) is 11.3 Å². The van der Waals surface area contributed by atoms with E-state index in [9.17, 15) is 8.42 Å². The standard InChI is InChI=1S/C20H23NO3S/c1-14-4-3-5-18(10-14)25(22,23)19-12-16-11-17(24-2)7-6-15(16)13-20(21-19)8-9-20/h3-7,10-11,19,21H,8-9,12-13H2,1-2H3. The molecule has 1 aliphatic heterocycles. The van der Waals surface area contributed by atoms with E-state index in [1.54, 1.807) is 19.2 Å². The van der Waals surface area contributed by atoms with Crippen LogP contribution in [0.1, 0.15) is 29.5 Å². The Morgan fingerprint density at radius 2 is 1.92 bits per heavy atom. The second-order valence-corrected chi connectivity index (χ2v) is 9.42. The first-order valence-corrected chi connectivity index (χ1v) is 10.2. The molecule has 25 heavy (non-hydrogen) atoms. The van der Waals surface area contributed by atoms with Crippen LogP contribution in [0.3, 0.4) is 0 Å². The van der Waals surface area contributed by atoms with Crippen molar-refractivity contribution in [3.63, 3.8) is 0 Å². The number of hydrogen-bond acceptors (Lipinski definition) is 4. The monoisotopic (exact) mass is 357 g/mol. The highest BCUT2D eigenvalue weighted by atomic mass is 32.2. The molecule has 0 radical (unpaired) electrons. The smallest absolute Gasteiger partial charge is 0.194 e. The van der Waals surface area contributed by atoms with Gasteiger partial charge in [0.2, 0.25) is 0 Å². The zero-order valence-corrected chi connectivity index (χ0v) is 15.4. The quantitative estimate of drug-likeness (QED) is 0.917. The molecule has 0 amide bonds. The molecule has 5 heteroatoms. The molecule has 1 spiro atoms. The summed E-state index contributed by atoms with van der Waals surface area (Å²) < 4.78 is 31.9. The zero-order chi connectivity index (χ0) is 17.7. The Kier molecular flexibility index (Phi) is 3.89. The van der Waals surface area contributed by atoms with E-state index in [0.717, 1.165) is 36.1 Å². The van der Waals surface area contributed by atoms with Gasteiger partial charge in [-0.1, -0.05) is 18.2 Å². The maximum absolute atomic E-state index is 13.3. The number of fused-ring (bicyclic) bond motifs is 1. The normalized spacial score (nSPS) is 21.4. The van der Waals surface area contributed by atoms with Gasteiger partial charge in [-0.3, -0.25) is 5.32 Å². The maximum atomic E-state index is 13.3. The van der Waals surface area contributed by atoms with Gasteiger partial charge in [0, 0.05) is 12.0 Å². The molecule has 4 nitrogen and oxygen atoms in total. The van der Waals surface area contributed by atoms with E-state index in [2.05, 4.69) is 11.4 Å². The van der Waals surface area contributed by atoms with Crippen molar-refractivity contribution >= 4 is 9.84 Å². The van der Waals surface area contributed by atoms with Gasteiger partial charge in [0.25, 0.3) is 0 Å². The van der Waals surface area contributed by atoms with E-state index >= 15 is 0 Å². The Balaban J connectivity index is 1.76. The van der Waals surface area contributed by atoms with Crippen LogP contribution in [-0.4, -0.2) is 26.4 Å². The van der Waals surface area contributed by atoms with Crippen LogP contribution >= 0.6 is 0 Å².